The number of nitrogens with one attached hydrogen (secondary N) is 1. The first-order valence-corrected chi connectivity index (χ1v) is 10.7. The Morgan fingerprint density at radius 2 is 1.39 bits per heavy atom. The first kappa shape index (κ1) is 20.1. The van der Waals surface area contributed by atoms with Crippen molar-refractivity contribution in [2.24, 2.45) is 0 Å². The van der Waals surface area contributed by atoms with Crippen LogP contribution >= 0.6 is 0 Å². The number of nitrogens with zero attached hydrogens (tertiary/aromatic N) is 1. The lowest BCUT2D eigenvalue weighted by Gasteiger charge is -2.20. The normalized spacial score (nSPS) is 12.5. The van der Waals surface area contributed by atoms with Gasteiger partial charge in [0, 0.05) is 32.2 Å². The van der Waals surface area contributed by atoms with Crippen LogP contribution < -0.4 is 9.62 Å². The van der Waals surface area contributed by atoms with Crippen molar-refractivity contribution < 1.29 is 8.42 Å². The molecule has 146 valence electrons. The molecule has 0 radical (unpaired) electrons. The Morgan fingerprint density at radius 3 is 1.96 bits per heavy atom. The standard InChI is InChI=1S/C23H26N2O2S/c1-18-9-15-22(16-10-18)28(26,27)24-17-23(19-7-5-4-6-8-19)20-11-13-21(14-12-20)25(2)3/h4-16,23-24H,17H2,1-3H3. The van der Waals surface area contributed by atoms with E-state index < -0.39 is 10.0 Å². The Kier molecular flexibility index (Phi) is 6.17. The molecule has 3 aromatic rings. The zero-order valence-electron chi connectivity index (χ0n) is 16.5. The summed E-state index contributed by atoms with van der Waals surface area (Å²) < 4.78 is 28.3. The Bertz CT molecular complexity index is 997. The van der Waals surface area contributed by atoms with Crippen molar-refractivity contribution in [3.05, 3.63) is 95.6 Å². The van der Waals surface area contributed by atoms with Crippen LogP contribution in [0.15, 0.2) is 83.8 Å². The van der Waals surface area contributed by atoms with Gasteiger partial charge in [0.15, 0.2) is 0 Å². The molecule has 0 heterocycles. The van der Waals surface area contributed by atoms with Gasteiger partial charge in [0.05, 0.1) is 4.90 Å². The minimum absolute atomic E-state index is 0.0716. The van der Waals surface area contributed by atoms with Gasteiger partial charge in [-0.3, -0.25) is 0 Å². The second-order valence-corrected chi connectivity index (χ2v) is 8.88. The maximum atomic E-state index is 12.7. The Balaban J connectivity index is 1.87. The number of rotatable bonds is 7. The van der Waals surface area contributed by atoms with E-state index in [9.17, 15) is 8.42 Å². The van der Waals surface area contributed by atoms with Crippen LogP contribution in [0.5, 0.6) is 0 Å². The predicted molar refractivity (Wildman–Crippen MR) is 115 cm³/mol. The van der Waals surface area contributed by atoms with E-state index in [1.165, 1.54) is 0 Å². The van der Waals surface area contributed by atoms with Crippen LogP contribution in [0.3, 0.4) is 0 Å². The minimum atomic E-state index is -3.57. The van der Waals surface area contributed by atoms with Crippen molar-refractivity contribution in [3.63, 3.8) is 0 Å². The summed E-state index contributed by atoms with van der Waals surface area (Å²) in [6.45, 7) is 2.23. The Hall–Kier alpha value is -2.63. The lowest BCUT2D eigenvalue weighted by molar-refractivity contribution is 0.577. The van der Waals surface area contributed by atoms with Crippen LogP contribution in [-0.4, -0.2) is 29.1 Å². The number of benzene rings is 3. The van der Waals surface area contributed by atoms with Crippen LogP contribution in [0.1, 0.15) is 22.6 Å². The summed E-state index contributed by atoms with van der Waals surface area (Å²) in [4.78, 5) is 2.33. The molecule has 0 fully saturated rings. The molecule has 3 rings (SSSR count). The highest BCUT2D eigenvalue weighted by Crippen LogP contribution is 2.26. The molecular weight excluding hydrogens is 368 g/mol. The third kappa shape index (κ3) is 4.80. The molecule has 1 unspecified atom stereocenters. The fourth-order valence-electron chi connectivity index (χ4n) is 3.11. The molecule has 0 saturated heterocycles. The number of aryl methyl sites for hydroxylation is 1. The molecule has 5 heteroatoms. The van der Waals surface area contributed by atoms with Crippen molar-refractivity contribution in [1.82, 2.24) is 4.72 Å². The second kappa shape index (κ2) is 8.59. The van der Waals surface area contributed by atoms with Gasteiger partial charge in [-0.1, -0.05) is 60.2 Å². The maximum Gasteiger partial charge on any atom is 0.240 e. The molecule has 0 aliphatic carbocycles. The fraction of sp³-hybridized carbons (Fsp3) is 0.217. The van der Waals surface area contributed by atoms with E-state index in [1.807, 2.05) is 68.4 Å². The van der Waals surface area contributed by atoms with Gasteiger partial charge in [-0.05, 0) is 42.3 Å². The van der Waals surface area contributed by atoms with Gasteiger partial charge in [-0.15, -0.1) is 0 Å². The van der Waals surface area contributed by atoms with Gasteiger partial charge in [0.1, 0.15) is 0 Å². The van der Waals surface area contributed by atoms with E-state index in [2.05, 4.69) is 29.0 Å². The number of hydrogen-bond acceptors (Lipinski definition) is 3. The molecule has 0 aliphatic rings. The van der Waals surface area contributed by atoms with Crippen molar-refractivity contribution >= 4 is 15.7 Å². The topological polar surface area (TPSA) is 49.4 Å². The summed E-state index contributed by atoms with van der Waals surface area (Å²) in [6.07, 6.45) is 0. The van der Waals surface area contributed by atoms with E-state index in [0.29, 0.717) is 6.54 Å². The van der Waals surface area contributed by atoms with Gasteiger partial charge in [-0.2, -0.15) is 0 Å². The lowest BCUT2D eigenvalue weighted by atomic mass is 9.91. The summed E-state index contributed by atoms with van der Waals surface area (Å²) >= 11 is 0. The van der Waals surface area contributed by atoms with E-state index in [-0.39, 0.29) is 10.8 Å². The molecule has 0 aliphatic heterocycles. The third-order valence-corrected chi connectivity index (χ3v) is 6.26. The molecule has 0 amide bonds. The highest BCUT2D eigenvalue weighted by Gasteiger charge is 2.19. The van der Waals surface area contributed by atoms with E-state index in [0.717, 1.165) is 22.4 Å². The van der Waals surface area contributed by atoms with Crippen LogP contribution in [0.4, 0.5) is 5.69 Å². The van der Waals surface area contributed by atoms with Crippen molar-refractivity contribution in [2.75, 3.05) is 25.5 Å². The minimum Gasteiger partial charge on any atom is -0.378 e. The molecule has 0 spiro atoms. The average molecular weight is 395 g/mol. The number of hydrogen-bond donors (Lipinski definition) is 1. The zero-order chi connectivity index (χ0) is 20.1. The van der Waals surface area contributed by atoms with Gasteiger partial charge in [0.25, 0.3) is 0 Å². The van der Waals surface area contributed by atoms with Crippen molar-refractivity contribution in [3.8, 4) is 0 Å². The van der Waals surface area contributed by atoms with Gasteiger partial charge >= 0.3 is 0 Å². The average Bonchev–Trinajstić information content (AvgIpc) is 2.69. The molecule has 4 nitrogen and oxygen atoms in total. The Labute approximate surface area is 167 Å². The SMILES string of the molecule is Cc1ccc(S(=O)(=O)NCC(c2ccccc2)c2ccc(N(C)C)cc2)cc1. The number of sulfonamides is 1. The molecule has 1 N–H and O–H groups in total. The molecule has 0 saturated carbocycles. The lowest BCUT2D eigenvalue weighted by Crippen LogP contribution is -2.29. The molecule has 0 aromatic heterocycles. The predicted octanol–water partition coefficient (Wildman–Crippen LogP) is 4.17. The maximum absolute atomic E-state index is 12.7. The largest absolute Gasteiger partial charge is 0.378 e. The number of anilines is 1. The highest BCUT2D eigenvalue weighted by atomic mass is 32.2. The zero-order valence-corrected chi connectivity index (χ0v) is 17.3. The van der Waals surface area contributed by atoms with Crippen LogP contribution in [0, 0.1) is 6.92 Å². The highest BCUT2D eigenvalue weighted by molar-refractivity contribution is 7.89. The van der Waals surface area contributed by atoms with Crippen LogP contribution in [0.2, 0.25) is 0 Å². The van der Waals surface area contributed by atoms with E-state index >= 15 is 0 Å². The summed E-state index contributed by atoms with van der Waals surface area (Å²) in [5.74, 6) is -0.0716. The quantitative estimate of drug-likeness (QED) is 0.654. The summed E-state index contributed by atoms with van der Waals surface area (Å²) in [6, 6.07) is 25.1. The molecular formula is C23H26N2O2S. The smallest absolute Gasteiger partial charge is 0.240 e. The van der Waals surface area contributed by atoms with Gasteiger partial charge in [-0.25, -0.2) is 13.1 Å². The monoisotopic (exact) mass is 394 g/mol. The summed E-state index contributed by atoms with van der Waals surface area (Å²) in [7, 11) is 0.431. The van der Waals surface area contributed by atoms with Gasteiger partial charge < -0.3 is 4.90 Å². The van der Waals surface area contributed by atoms with Crippen LogP contribution in [0.25, 0.3) is 0 Å². The Morgan fingerprint density at radius 1 is 0.821 bits per heavy atom. The fourth-order valence-corrected chi connectivity index (χ4v) is 4.16. The van der Waals surface area contributed by atoms with E-state index in [1.54, 1.807) is 12.1 Å². The van der Waals surface area contributed by atoms with Crippen molar-refractivity contribution in [2.45, 2.75) is 17.7 Å². The molecule has 28 heavy (non-hydrogen) atoms. The second-order valence-electron chi connectivity index (χ2n) is 7.11. The molecule has 1 atom stereocenters. The first-order chi connectivity index (χ1) is 13.4. The summed E-state index contributed by atoms with van der Waals surface area (Å²) in [5.41, 5.74) is 4.29. The van der Waals surface area contributed by atoms with Gasteiger partial charge in [0.2, 0.25) is 10.0 Å². The van der Waals surface area contributed by atoms with E-state index in [4.69, 9.17) is 0 Å². The van der Waals surface area contributed by atoms with Crippen LogP contribution in [-0.2, 0) is 10.0 Å². The third-order valence-electron chi connectivity index (χ3n) is 4.82. The first-order valence-electron chi connectivity index (χ1n) is 9.25. The summed E-state index contributed by atoms with van der Waals surface area (Å²) in [5, 5.41) is 0. The molecule has 3 aromatic carbocycles. The van der Waals surface area contributed by atoms with Crippen molar-refractivity contribution in [1.29, 1.82) is 0 Å². The molecule has 0 bridgehead atoms.